The van der Waals surface area contributed by atoms with E-state index in [-0.39, 0.29) is 5.75 Å². The topological polar surface area (TPSA) is 69.4 Å². The van der Waals surface area contributed by atoms with E-state index in [2.05, 4.69) is 123 Å². The van der Waals surface area contributed by atoms with Crippen molar-refractivity contribution in [3.63, 3.8) is 0 Å². The molecule has 7 aromatic rings. The SMILES string of the molecule is CC(C)c1cccc(C(C)C)c1-n1ccnc1Oc1cccc([Si](c2ccccc2)(c2ccccc2)c2cccc(Oc3ccccc3O)n2)c1. The molecule has 7 rings (SSSR count). The molecule has 0 radical (unpaired) electrons. The second-order valence-electron chi connectivity index (χ2n) is 13.2. The Bertz CT molecular complexity index is 2180. The molecular weight excluding hydrogens is 647 g/mol. The molecule has 0 atom stereocenters. The lowest BCUT2D eigenvalue weighted by molar-refractivity contribution is 0.403. The lowest BCUT2D eigenvalue weighted by Gasteiger charge is -2.33. The summed E-state index contributed by atoms with van der Waals surface area (Å²) in [7, 11) is -3.08. The third-order valence-electron chi connectivity index (χ3n) is 9.27. The molecule has 0 spiro atoms. The molecule has 0 saturated heterocycles. The molecule has 0 saturated carbocycles. The monoisotopic (exact) mass is 687 g/mol. The maximum atomic E-state index is 10.5. The van der Waals surface area contributed by atoms with Crippen molar-refractivity contribution in [3.05, 3.63) is 169 Å². The molecule has 0 unspecified atom stereocenters. The Morgan fingerprint density at radius 2 is 1.20 bits per heavy atom. The van der Waals surface area contributed by atoms with E-state index in [0.29, 0.717) is 35.2 Å². The molecule has 1 N–H and O–H groups in total. The second kappa shape index (κ2) is 14.5. The number of aromatic nitrogens is 3. The normalized spacial score (nSPS) is 11.6. The molecule has 7 heteroatoms. The number of para-hydroxylation sites is 3. The van der Waals surface area contributed by atoms with Crippen molar-refractivity contribution < 1.29 is 14.6 Å². The third-order valence-corrected chi connectivity index (χ3v) is 13.9. The third kappa shape index (κ3) is 6.56. The van der Waals surface area contributed by atoms with Crippen LogP contribution in [-0.2, 0) is 0 Å². The van der Waals surface area contributed by atoms with Gasteiger partial charge >= 0.3 is 6.01 Å². The van der Waals surface area contributed by atoms with Crippen LogP contribution in [-0.4, -0.2) is 27.7 Å². The molecule has 0 amide bonds. The summed E-state index contributed by atoms with van der Waals surface area (Å²) < 4.78 is 15.0. The molecule has 2 heterocycles. The Morgan fingerprint density at radius 1 is 0.608 bits per heavy atom. The first kappa shape index (κ1) is 33.6. The van der Waals surface area contributed by atoms with Crippen molar-refractivity contribution in [1.82, 2.24) is 14.5 Å². The highest BCUT2D eigenvalue weighted by Gasteiger charge is 2.43. The van der Waals surface area contributed by atoms with E-state index in [1.165, 1.54) is 11.1 Å². The summed E-state index contributed by atoms with van der Waals surface area (Å²) in [6.07, 6.45) is 3.78. The predicted octanol–water partition coefficient (Wildman–Crippen LogP) is 8.18. The Morgan fingerprint density at radius 3 is 1.84 bits per heavy atom. The van der Waals surface area contributed by atoms with Gasteiger partial charge in [-0.25, -0.2) is 9.97 Å². The second-order valence-corrected chi connectivity index (χ2v) is 17.0. The molecule has 51 heavy (non-hydrogen) atoms. The molecular formula is C44H41N3O3Si. The Kier molecular flexibility index (Phi) is 9.55. The number of phenols is 1. The van der Waals surface area contributed by atoms with E-state index in [9.17, 15) is 5.11 Å². The minimum absolute atomic E-state index is 0.0547. The summed E-state index contributed by atoms with van der Waals surface area (Å²) in [5, 5.41) is 14.8. The zero-order valence-electron chi connectivity index (χ0n) is 29.3. The standard InChI is InChI=1S/C44H41N3O3Si/c1-31(2)37-22-14-23-38(32(3)4)43(37)47-29-28-45-44(47)49-33-16-13-21-36(30-33)51(34-17-7-5-8-18-34,35-19-9-6-10-20-35)42-27-15-26-41(46-42)50-40-25-12-11-24-39(40)48/h5-32,48H,1-4H3. The number of benzene rings is 5. The number of ether oxygens (including phenoxy) is 2. The molecule has 6 nitrogen and oxygen atoms in total. The first-order valence-corrected chi connectivity index (χ1v) is 19.4. The summed E-state index contributed by atoms with van der Waals surface area (Å²) in [6, 6.07) is 49.4. The highest BCUT2D eigenvalue weighted by atomic mass is 28.3. The Balaban J connectivity index is 1.39. The van der Waals surface area contributed by atoms with Gasteiger partial charge in [-0.1, -0.05) is 137 Å². The van der Waals surface area contributed by atoms with E-state index in [4.69, 9.17) is 19.4 Å². The van der Waals surface area contributed by atoms with Crippen LogP contribution in [0.15, 0.2) is 158 Å². The van der Waals surface area contributed by atoms with Crippen LogP contribution < -0.4 is 30.4 Å². The molecule has 0 aliphatic carbocycles. The zero-order chi connectivity index (χ0) is 35.4. The number of hydrogen-bond acceptors (Lipinski definition) is 5. The number of nitrogens with zero attached hydrogens (tertiary/aromatic N) is 3. The summed E-state index contributed by atoms with van der Waals surface area (Å²) in [5.41, 5.74) is 3.61. The van der Waals surface area contributed by atoms with Gasteiger partial charge in [0.2, 0.25) is 14.0 Å². The van der Waals surface area contributed by atoms with Crippen LogP contribution in [0.25, 0.3) is 5.69 Å². The van der Waals surface area contributed by atoms with Gasteiger partial charge in [0.1, 0.15) is 5.75 Å². The minimum atomic E-state index is -3.08. The van der Waals surface area contributed by atoms with Gasteiger partial charge in [-0.3, -0.25) is 4.57 Å². The van der Waals surface area contributed by atoms with Crippen LogP contribution >= 0.6 is 0 Å². The zero-order valence-corrected chi connectivity index (χ0v) is 30.3. The van der Waals surface area contributed by atoms with Crippen LogP contribution in [0.1, 0.15) is 50.7 Å². The first-order chi connectivity index (χ1) is 24.9. The summed E-state index contributed by atoms with van der Waals surface area (Å²) in [5.74, 6) is 2.12. The number of pyridine rings is 1. The van der Waals surface area contributed by atoms with Crippen molar-refractivity contribution >= 4 is 29.0 Å². The molecule has 5 aromatic carbocycles. The van der Waals surface area contributed by atoms with Gasteiger partial charge < -0.3 is 14.6 Å². The Hall–Kier alpha value is -5.92. The molecule has 0 aliphatic heterocycles. The van der Waals surface area contributed by atoms with Gasteiger partial charge in [0, 0.05) is 23.8 Å². The van der Waals surface area contributed by atoms with Crippen molar-refractivity contribution in [2.24, 2.45) is 0 Å². The van der Waals surface area contributed by atoms with Gasteiger partial charge in [0.15, 0.2) is 11.5 Å². The van der Waals surface area contributed by atoms with Crippen molar-refractivity contribution in [1.29, 1.82) is 0 Å². The summed E-state index contributed by atoms with van der Waals surface area (Å²) >= 11 is 0. The molecule has 2 aromatic heterocycles. The smallest absolute Gasteiger partial charge is 0.306 e. The van der Waals surface area contributed by atoms with Crippen LogP contribution in [0.3, 0.4) is 0 Å². The van der Waals surface area contributed by atoms with Gasteiger partial charge in [-0.2, -0.15) is 0 Å². The minimum Gasteiger partial charge on any atom is -0.504 e. The predicted molar refractivity (Wildman–Crippen MR) is 208 cm³/mol. The number of rotatable bonds is 11. The highest BCUT2D eigenvalue weighted by Crippen LogP contribution is 2.34. The van der Waals surface area contributed by atoms with Crippen molar-refractivity contribution in [3.8, 4) is 34.8 Å². The van der Waals surface area contributed by atoms with E-state index in [1.54, 1.807) is 24.4 Å². The Labute approximate surface area is 300 Å². The van der Waals surface area contributed by atoms with Gasteiger partial charge in [-0.05, 0) is 68.9 Å². The van der Waals surface area contributed by atoms with Crippen LogP contribution in [0.4, 0.5) is 0 Å². The fourth-order valence-electron chi connectivity index (χ4n) is 6.88. The van der Waals surface area contributed by atoms with Gasteiger partial charge in [0.05, 0.1) is 5.69 Å². The first-order valence-electron chi connectivity index (χ1n) is 17.4. The van der Waals surface area contributed by atoms with Crippen LogP contribution in [0.2, 0.25) is 0 Å². The summed E-state index contributed by atoms with van der Waals surface area (Å²) in [4.78, 5) is 9.91. The van der Waals surface area contributed by atoms with Crippen molar-refractivity contribution in [2.75, 3.05) is 0 Å². The largest absolute Gasteiger partial charge is 0.504 e. The quantitative estimate of drug-likeness (QED) is 0.110. The van der Waals surface area contributed by atoms with Gasteiger partial charge in [0.25, 0.3) is 0 Å². The maximum Gasteiger partial charge on any atom is 0.306 e. The van der Waals surface area contributed by atoms with E-state index >= 15 is 0 Å². The molecule has 0 bridgehead atoms. The molecule has 0 aliphatic rings. The highest BCUT2D eigenvalue weighted by molar-refractivity contribution is 7.19. The fraction of sp³-hybridized carbons (Fsp3) is 0.136. The average Bonchev–Trinajstić information content (AvgIpc) is 3.61. The van der Waals surface area contributed by atoms with Gasteiger partial charge in [-0.15, -0.1) is 0 Å². The van der Waals surface area contributed by atoms with Crippen molar-refractivity contribution in [2.45, 2.75) is 39.5 Å². The van der Waals surface area contributed by atoms with Crippen LogP contribution in [0.5, 0.6) is 29.1 Å². The van der Waals surface area contributed by atoms with Crippen LogP contribution in [0, 0.1) is 0 Å². The average molecular weight is 688 g/mol. The van der Waals surface area contributed by atoms with E-state index in [0.717, 1.165) is 26.6 Å². The summed E-state index contributed by atoms with van der Waals surface area (Å²) in [6.45, 7) is 8.88. The number of aromatic hydroxyl groups is 1. The number of imidazole rings is 1. The number of hydrogen-bond donors (Lipinski definition) is 1. The lowest BCUT2D eigenvalue weighted by Crippen LogP contribution is -2.75. The van der Waals surface area contributed by atoms with E-state index < -0.39 is 8.07 Å². The van der Waals surface area contributed by atoms with E-state index in [1.807, 2.05) is 42.6 Å². The maximum absolute atomic E-state index is 10.5. The number of phenolic OH excluding ortho intramolecular Hbond substituents is 1. The molecule has 0 fully saturated rings. The molecule has 254 valence electrons. The fourth-order valence-corrected chi connectivity index (χ4v) is 11.5. The lowest BCUT2D eigenvalue weighted by atomic mass is 9.92.